The molecule has 0 aliphatic heterocycles. The molecule has 0 radical (unpaired) electrons. The molecule has 0 fully saturated rings. The Labute approximate surface area is 173 Å². The number of nitrogens with one attached hydrogen (secondary N) is 1. The van der Waals surface area contributed by atoms with Crippen molar-refractivity contribution < 1.29 is 36.2 Å². The third-order valence-corrected chi connectivity index (χ3v) is 5.24. The molecule has 0 heterocycles. The Morgan fingerprint density at radius 1 is 0.933 bits per heavy atom. The molecule has 0 bridgehead atoms. The van der Waals surface area contributed by atoms with E-state index in [9.17, 15) is 22.0 Å². The van der Waals surface area contributed by atoms with E-state index in [1.807, 2.05) is 6.92 Å². The molecule has 10 heteroatoms. The molecule has 0 atom stereocenters. The summed E-state index contributed by atoms with van der Waals surface area (Å²) in [4.78, 5) is 12.2. The Hall–Kier alpha value is -2.88. The number of carbonyl (C=O) groups is 1. The zero-order valence-corrected chi connectivity index (χ0v) is 17.6. The second-order valence-corrected chi connectivity index (χ2v) is 7.80. The first-order valence-electron chi connectivity index (χ1n) is 9.24. The van der Waals surface area contributed by atoms with Crippen molar-refractivity contribution in [2.24, 2.45) is 0 Å². The first kappa shape index (κ1) is 23.4. The average Bonchev–Trinajstić information content (AvgIpc) is 2.70. The van der Waals surface area contributed by atoms with Crippen molar-refractivity contribution in [3.05, 3.63) is 42.0 Å². The Kier molecular flexibility index (Phi) is 7.99. The minimum atomic E-state index is -4.70. The highest BCUT2D eigenvalue weighted by Crippen LogP contribution is 2.39. The number of hydrogen-bond donors (Lipinski definition) is 1. The van der Waals surface area contributed by atoms with Gasteiger partial charge in [0.15, 0.2) is 11.5 Å². The number of anilines is 1. The molecule has 0 aliphatic rings. The predicted octanol–water partition coefficient (Wildman–Crippen LogP) is 4.13. The van der Waals surface area contributed by atoms with Crippen LogP contribution in [0.4, 0.5) is 14.5 Å². The standard InChI is InChI=1S/C20H23F2NO6S/c1-4-27-16-11-13(12-17(28-5-2)18(16)29-6-3)19(24)23-14-7-9-15(10-8-14)30(25,26)20(21)22/h7-12,20H,4-6H2,1-3H3,(H,23,24). The van der Waals surface area contributed by atoms with Gasteiger partial charge in [0, 0.05) is 11.3 Å². The van der Waals surface area contributed by atoms with Crippen LogP contribution in [0.3, 0.4) is 0 Å². The van der Waals surface area contributed by atoms with Gasteiger partial charge >= 0.3 is 5.76 Å². The van der Waals surface area contributed by atoms with Crippen molar-refractivity contribution in [2.45, 2.75) is 31.4 Å². The van der Waals surface area contributed by atoms with Crippen LogP contribution < -0.4 is 19.5 Å². The molecule has 0 saturated heterocycles. The molecule has 30 heavy (non-hydrogen) atoms. The molecule has 2 aromatic carbocycles. The first-order valence-corrected chi connectivity index (χ1v) is 10.8. The lowest BCUT2D eigenvalue weighted by atomic mass is 10.1. The lowest BCUT2D eigenvalue weighted by Gasteiger charge is -2.17. The van der Waals surface area contributed by atoms with Crippen LogP contribution in [-0.2, 0) is 9.84 Å². The van der Waals surface area contributed by atoms with Crippen LogP contribution in [0.5, 0.6) is 17.2 Å². The van der Waals surface area contributed by atoms with Crippen LogP contribution in [-0.4, -0.2) is 39.9 Å². The molecule has 1 N–H and O–H groups in total. The molecule has 1 amide bonds. The Morgan fingerprint density at radius 2 is 1.43 bits per heavy atom. The van der Waals surface area contributed by atoms with E-state index in [-0.39, 0.29) is 11.3 Å². The van der Waals surface area contributed by atoms with Gasteiger partial charge in [0.2, 0.25) is 15.6 Å². The summed E-state index contributed by atoms with van der Waals surface area (Å²) < 4.78 is 65.0. The molecule has 0 aliphatic carbocycles. The highest BCUT2D eigenvalue weighted by Gasteiger charge is 2.26. The molecular weight excluding hydrogens is 420 g/mol. The molecule has 7 nitrogen and oxygen atoms in total. The maximum Gasteiger partial charge on any atom is 0.341 e. The predicted molar refractivity (Wildman–Crippen MR) is 108 cm³/mol. The van der Waals surface area contributed by atoms with Gasteiger partial charge in [-0.3, -0.25) is 4.79 Å². The quantitative estimate of drug-likeness (QED) is 0.594. The van der Waals surface area contributed by atoms with Crippen LogP contribution in [0.1, 0.15) is 31.1 Å². The fourth-order valence-corrected chi connectivity index (χ4v) is 3.28. The van der Waals surface area contributed by atoms with E-state index in [2.05, 4.69) is 5.32 Å². The second kappa shape index (κ2) is 10.2. The number of hydrogen-bond acceptors (Lipinski definition) is 6. The van der Waals surface area contributed by atoms with E-state index in [1.54, 1.807) is 13.8 Å². The summed E-state index contributed by atoms with van der Waals surface area (Å²) in [5.41, 5.74) is 0.452. The van der Waals surface area contributed by atoms with Crippen molar-refractivity contribution in [1.82, 2.24) is 0 Å². The zero-order valence-electron chi connectivity index (χ0n) is 16.8. The maximum absolute atomic E-state index is 12.7. The Balaban J connectivity index is 2.32. The number of amides is 1. The van der Waals surface area contributed by atoms with Crippen LogP contribution in [0.25, 0.3) is 0 Å². The lowest BCUT2D eigenvalue weighted by molar-refractivity contribution is 0.102. The van der Waals surface area contributed by atoms with Gasteiger partial charge in [-0.05, 0) is 57.2 Å². The van der Waals surface area contributed by atoms with Crippen LogP contribution in [0, 0.1) is 0 Å². The van der Waals surface area contributed by atoms with Crippen LogP contribution in [0.15, 0.2) is 41.3 Å². The average molecular weight is 443 g/mol. The van der Waals surface area contributed by atoms with Gasteiger partial charge in [-0.1, -0.05) is 0 Å². The van der Waals surface area contributed by atoms with E-state index in [0.29, 0.717) is 37.1 Å². The third-order valence-electron chi connectivity index (χ3n) is 3.85. The minimum Gasteiger partial charge on any atom is -0.490 e. The second-order valence-electron chi connectivity index (χ2n) is 5.88. The molecular formula is C20H23F2NO6S. The highest BCUT2D eigenvalue weighted by molar-refractivity contribution is 7.91. The normalized spacial score (nSPS) is 11.3. The maximum atomic E-state index is 12.7. The van der Waals surface area contributed by atoms with E-state index < -0.39 is 26.4 Å². The summed E-state index contributed by atoms with van der Waals surface area (Å²) in [6.45, 7) is 6.45. The Bertz CT molecular complexity index is 950. The number of sulfone groups is 1. The SMILES string of the molecule is CCOc1cc(C(=O)Nc2ccc(S(=O)(=O)C(F)F)cc2)cc(OCC)c1OCC. The number of rotatable bonds is 10. The van der Waals surface area contributed by atoms with E-state index in [1.165, 1.54) is 24.3 Å². The van der Waals surface area contributed by atoms with Crippen molar-refractivity contribution >= 4 is 21.4 Å². The van der Waals surface area contributed by atoms with E-state index in [0.717, 1.165) is 12.1 Å². The number of ether oxygens (including phenoxy) is 3. The largest absolute Gasteiger partial charge is 0.490 e. The number of alkyl halides is 2. The van der Waals surface area contributed by atoms with Gasteiger partial charge in [-0.15, -0.1) is 0 Å². The molecule has 0 unspecified atom stereocenters. The summed E-state index contributed by atoms with van der Waals surface area (Å²) in [6.07, 6.45) is 0. The van der Waals surface area contributed by atoms with Gasteiger partial charge in [0.05, 0.1) is 24.7 Å². The summed E-state index contributed by atoms with van der Waals surface area (Å²) in [6, 6.07) is 7.48. The minimum absolute atomic E-state index is 0.217. The first-order chi connectivity index (χ1) is 14.2. The summed E-state index contributed by atoms with van der Waals surface area (Å²) in [5.74, 6) is -2.97. The van der Waals surface area contributed by atoms with Gasteiger partial charge < -0.3 is 19.5 Å². The van der Waals surface area contributed by atoms with Crippen LogP contribution >= 0.6 is 0 Å². The molecule has 2 aromatic rings. The van der Waals surface area contributed by atoms with Crippen molar-refractivity contribution in [3.63, 3.8) is 0 Å². The topological polar surface area (TPSA) is 90.9 Å². The van der Waals surface area contributed by atoms with Gasteiger partial charge in [0.25, 0.3) is 5.91 Å². The fraction of sp³-hybridized carbons (Fsp3) is 0.350. The molecule has 0 saturated carbocycles. The fourth-order valence-electron chi connectivity index (χ4n) is 2.55. The number of halogens is 2. The summed E-state index contributed by atoms with van der Waals surface area (Å²) in [7, 11) is -4.70. The smallest absolute Gasteiger partial charge is 0.341 e. The third kappa shape index (κ3) is 5.38. The summed E-state index contributed by atoms with van der Waals surface area (Å²) >= 11 is 0. The van der Waals surface area contributed by atoms with E-state index >= 15 is 0 Å². The molecule has 0 aromatic heterocycles. The number of carbonyl (C=O) groups excluding carboxylic acids is 1. The highest BCUT2D eigenvalue weighted by atomic mass is 32.2. The van der Waals surface area contributed by atoms with Crippen molar-refractivity contribution in [2.75, 3.05) is 25.1 Å². The molecule has 164 valence electrons. The molecule has 0 spiro atoms. The van der Waals surface area contributed by atoms with Crippen molar-refractivity contribution in [1.29, 1.82) is 0 Å². The van der Waals surface area contributed by atoms with E-state index in [4.69, 9.17) is 14.2 Å². The summed E-state index contributed by atoms with van der Waals surface area (Å²) in [5, 5.41) is 2.58. The molecule has 2 rings (SSSR count). The Morgan fingerprint density at radius 3 is 1.87 bits per heavy atom. The van der Waals surface area contributed by atoms with Crippen LogP contribution in [0.2, 0.25) is 0 Å². The lowest BCUT2D eigenvalue weighted by Crippen LogP contribution is -2.14. The van der Waals surface area contributed by atoms with Gasteiger partial charge in [-0.2, -0.15) is 8.78 Å². The zero-order chi connectivity index (χ0) is 22.3. The van der Waals surface area contributed by atoms with Crippen molar-refractivity contribution in [3.8, 4) is 17.2 Å². The van der Waals surface area contributed by atoms with Gasteiger partial charge in [-0.25, -0.2) is 8.42 Å². The number of benzene rings is 2. The monoisotopic (exact) mass is 443 g/mol. The van der Waals surface area contributed by atoms with Gasteiger partial charge in [0.1, 0.15) is 0 Å².